The van der Waals surface area contributed by atoms with E-state index in [1.54, 1.807) is 4.90 Å². The Morgan fingerprint density at radius 1 is 1.12 bits per heavy atom. The van der Waals surface area contributed by atoms with Gasteiger partial charge in [-0.3, -0.25) is 14.6 Å². The van der Waals surface area contributed by atoms with Crippen LogP contribution in [0.25, 0.3) is 11.4 Å². The van der Waals surface area contributed by atoms with Gasteiger partial charge in [0.1, 0.15) is 0 Å². The smallest absolute Gasteiger partial charge is 0.244 e. The molecule has 0 bridgehead atoms. The lowest BCUT2D eigenvalue weighted by atomic mass is 10.1. The van der Waals surface area contributed by atoms with Crippen molar-refractivity contribution in [3.63, 3.8) is 0 Å². The van der Waals surface area contributed by atoms with E-state index in [0.29, 0.717) is 31.2 Å². The van der Waals surface area contributed by atoms with Crippen molar-refractivity contribution in [3.05, 3.63) is 66.1 Å². The molecule has 2 heterocycles. The number of hydrogen-bond acceptors (Lipinski definition) is 7. The number of piperazine rings is 1. The molecule has 4 rings (SSSR count). The van der Waals surface area contributed by atoms with E-state index in [9.17, 15) is 4.79 Å². The Kier molecular flexibility index (Phi) is 7.68. The van der Waals surface area contributed by atoms with Gasteiger partial charge in [0.15, 0.2) is 0 Å². The molecule has 0 saturated carbocycles. The van der Waals surface area contributed by atoms with Crippen LogP contribution in [0.4, 0.5) is 5.69 Å². The highest BCUT2D eigenvalue weighted by atomic mass is 16.5. The lowest BCUT2D eigenvalue weighted by molar-refractivity contribution is -0.124. The van der Waals surface area contributed by atoms with Gasteiger partial charge in [-0.2, -0.15) is 10.2 Å². The van der Waals surface area contributed by atoms with Gasteiger partial charge in [-0.1, -0.05) is 47.6 Å². The number of benzene rings is 2. The molecule has 34 heavy (non-hydrogen) atoms. The highest BCUT2D eigenvalue weighted by Gasteiger charge is 2.30. The van der Waals surface area contributed by atoms with Gasteiger partial charge < -0.3 is 9.42 Å². The summed E-state index contributed by atoms with van der Waals surface area (Å²) in [5.74, 6) is 1.24. The van der Waals surface area contributed by atoms with Crippen LogP contribution in [0.5, 0.6) is 0 Å². The van der Waals surface area contributed by atoms with Crippen LogP contribution in [0.2, 0.25) is 0 Å². The fraction of sp³-hybridized carbons (Fsp3) is 0.385. The summed E-state index contributed by atoms with van der Waals surface area (Å²) in [6, 6.07) is 19.4. The molecule has 1 aliphatic heterocycles. The van der Waals surface area contributed by atoms with Crippen molar-refractivity contribution < 1.29 is 9.32 Å². The van der Waals surface area contributed by atoms with Crippen LogP contribution < -0.4 is 4.90 Å². The molecular formula is C26H30N6O2. The van der Waals surface area contributed by atoms with Crippen molar-refractivity contribution in [2.45, 2.75) is 32.9 Å². The second-order valence-corrected chi connectivity index (χ2v) is 8.55. The first-order valence-corrected chi connectivity index (χ1v) is 11.6. The Labute approximate surface area is 200 Å². The Bertz CT molecular complexity index is 1130. The maximum atomic E-state index is 13.3. The van der Waals surface area contributed by atoms with E-state index in [1.165, 1.54) is 0 Å². The second-order valence-electron chi connectivity index (χ2n) is 8.55. The molecule has 1 aliphatic rings. The number of para-hydroxylation sites is 1. The van der Waals surface area contributed by atoms with E-state index in [4.69, 9.17) is 9.78 Å². The fourth-order valence-corrected chi connectivity index (χ4v) is 4.27. The van der Waals surface area contributed by atoms with Gasteiger partial charge in [-0.15, -0.1) is 0 Å². The third-order valence-corrected chi connectivity index (χ3v) is 6.31. The Hall–Kier alpha value is -3.54. The van der Waals surface area contributed by atoms with E-state index in [2.05, 4.69) is 26.0 Å². The molecule has 176 valence electrons. The van der Waals surface area contributed by atoms with Gasteiger partial charge in [0, 0.05) is 44.0 Å². The normalized spacial score (nSPS) is 15.6. The van der Waals surface area contributed by atoms with Gasteiger partial charge in [0.2, 0.25) is 17.6 Å². The first-order chi connectivity index (χ1) is 16.6. The van der Waals surface area contributed by atoms with Crippen LogP contribution in [0.1, 0.15) is 24.8 Å². The molecule has 8 heteroatoms. The molecule has 8 nitrogen and oxygen atoms in total. The van der Waals surface area contributed by atoms with Crippen molar-refractivity contribution in [2.24, 2.45) is 0 Å². The SMILES string of the molecule is Cc1ccccc1-c1noc(CN2CCN(C(C)C(=O)N(CCC#N)c3ccccc3)CC2)n1. The second kappa shape index (κ2) is 11.1. The number of nitrogens with zero attached hydrogens (tertiary/aromatic N) is 6. The summed E-state index contributed by atoms with van der Waals surface area (Å²) in [4.78, 5) is 24.1. The summed E-state index contributed by atoms with van der Waals surface area (Å²) in [5, 5.41) is 13.2. The summed E-state index contributed by atoms with van der Waals surface area (Å²) in [5.41, 5.74) is 2.92. The topological polar surface area (TPSA) is 89.5 Å². The molecule has 0 aliphatic carbocycles. The molecular weight excluding hydrogens is 428 g/mol. The Morgan fingerprint density at radius 3 is 2.53 bits per heavy atom. The largest absolute Gasteiger partial charge is 0.338 e. The van der Waals surface area contributed by atoms with E-state index in [0.717, 1.165) is 43.0 Å². The van der Waals surface area contributed by atoms with E-state index >= 15 is 0 Å². The third kappa shape index (κ3) is 5.50. The van der Waals surface area contributed by atoms with Crippen molar-refractivity contribution in [1.82, 2.24) is 19.9 Å². The number of aromatic nitrogens is 2. The molecule has 1 aromatic heterocycles. The highest BCUT2D eigenvalue weighted by molar-refractivity contribution is 5.97. The number of carbonyl (C=O) groups is 1. The third-order valence-electron chi connectivity index (χ3n) is 6.31. The summed E-state index contributed by atoms with van der Waals surface area (Å²) >= 11 is 0. The Morgan fingerprint density at radius 2 is 1.82 bits per heavy atom. The van der Waals surface area contributed by atoms with E-state index in [-0.39, 0.29) is 11.9 Å². The van der Waals surface area contributed by atoms with Crippen molar-refractivity contribution in [2.75, 3.05) is 37.6 Å². The lowest BCUT2D eigenvalue weighted by Crippen LogP contribution is -2.54. The molecule has 0 spiro atoms. The molecule has 1 atom stereocenters. The van der Waals surface area contributed by atoms with Crippen LogP contribution in [0.3, 0.4) is 0 Å². The molecule has 1 fully saturated rings. The maximum Gasteiger partial charge on any atom is 0.244 e. The molecule has 1 saturated heterocycles. The predicted molar refractivity (Wildman–Crippen MR) is 130 cm³/mol. The first-order valence-electron chi connectivity index (χ1n) is 11.6. The maximum absolute atomic E-state index is 13.3. The van der Waals surface area contributed by atoms with Crippen molar-refractivity contribution >= 4 is 11.6 Å². The van der Waals surface area contributed by atoms with Gasteiger partial charge in [0.05, 0.1) is 25.1 Å². The minimum atomic E-state index is -0.267. The summed E-state index contributed by atoms with van der Waals surface area (Å²) in [6.45, 7) is 8.13. The number of carbonyl (C=O) groups excluding carboxylic acids is 1. The molecule has 2 aromatic carbocycles. The number of hydrogen-bond donors (Lipinski definition) is 0. The molecule has 3 aromatic rings. The highest BCUT2D eigenvalue weighted by Crippen LogP contribution is 2.21. The quantitative estimate of drug-likeness (QED) is 0.510. The standard InChI is InChI=1S/C26H30N6O2/c1-20-9-6-7-12-23(20)25-28-24(34-29-25)19-30-15-17-31(18-16-30)21(2)26(33)32(14-8-13-27)22-10-4-3-5-11-22/h3-7,9-12,21H,8,14-19H2,1-2H3. The van der Waals surface area contributed by atoms with Gasteiger partial charge in [0.25, 0.3) is 0 Å². The van der Waals surface area contributed by atoms with Crippen LogP contribution >= 0.6 is 0 Å². The van der Waals surface area contributed by atoms with Gasteiger partial charge >= 0.3 is 0 Å². The average molecular weight is 459 g/mol. The zero-order valence-corrected chi connectivity index (χ0v) is 19.7. The molecule has 1 amide bonds. The van der Waals surface area contributed by atoms with Crippen LogP contribution in [-0.2, 0) is 11.3 Å². The average Bonchev–Trinajstić information content (AvgIpc) is 3.33. The van der Waals surface area contributed by atoms with Gasteiger partial charge in [-0.25, -0.2) is 0 Å². The number of rotatable bonds is 8. The summed E-state index contributed by atoms with van der Waals surface area (Å²) in [7, 11) is 0. The minimum Gasteiger partial charge on any atom is -0.338 e. The minimum absolute atomic E-state index is 0.0228. The number of anilines is 1. The summed E-state index contributed by atoms with van der Waals surface area (Å²) < 4.78 is 5.50. The zero-order chi connectivity index (χ0) is 23.9. The molecule has 0 radical (unpaired) electrons. The number of amides is 1. The van der Waals surface area contributed by atoms with Crippen LogP contribution in [-0.4, -0.2) is 64.6 Å². The van der Waals surface area contributed by atoms with Crippen LogP contribution in [0.15, 0.2) is 59.1 Å². The van der Waals surface area contributed by atoms with E-state index in [1.807, 2.05) is 68.4 Å². The molecule has 1 unspecified atom stereocenters. The number of aryl methyl sites for hydroxylation is 1. The molecule has 0 N–H and O–H groups in total. The zero-order valence-electron chi connectivity index (χ0n) is 19.7. The Balaban J connectivity index is 1.34. The van der Waals surface area contributed by atoms with Crippen molar-refractivity contribution in [3.8, 4) is 17.5 Å². The lowest BCUT2D eigenvalue weighted by Gasteiger charge is -2.38. The van der Waals surface area contributed by atoms with E-state index < -0.39 is 0 Å². The first kappa shape index (κ1) is 23.6. The monoisotopic (exact) mass is 458 g/mol. The fourth-order valence-electron chi connectivity index (χ4n) is 4.27. The number of nitriles is 1. The summed E-state index contributed by atoms with van der Waals surface area (Å²) in [6.07, 6.45) is 0.301. The predicted octanol–water partition coefficient (Wildman–Crippen LogP) is 3.50. The van der Waals surface area contributed by atoms with Crippen LogP contribution in [0, 0.1) is 18.3 Å². The van der Waals surface area contributed by atoms with Gasteiger partial charge in [-0.05, 0) is 31.5 Å². The van der Waals surface area contributed by atoms with Crippen molar-refractivity contribution in [1.29, 1.82) is 5.26 Å².